The molecule has 0 radical (unpaired) electrons. The third-order valence-corrected chi connectivity index (χ3v) is 5.59. The molecule has 1 aliphatic rings. The van der Waals surface area contributed by atoms with E-state index in [1.165, 1.54) is 5.56 Å². The number of carbonyl (C=O) groups excluding carboxylic acids is 2. The Balaban J connectivity index is 1.47. The minimum Gasteiger partial charge on any atom is -0.341 e. The van der Waals surface area contributed by atoms with E-state index in [9.17, 15) is 9.59 Å². The van der Waals surface area contributed by atoms with Crippen LogP contribution in [0.2, 0.25) is 0 Å². The number of piperidine rings is 1. The fraction of sp³-hybridized carbons (Fsp3) is 0.391. The van der Waals surface area contributed by atoms with Crippen LogP contribution in [-0.2, 0) is 6.42 Å². The Morgan fingerprint density at radius 1 is 1.03 bits per heavy atom. The molecule has 29 heavy (non-hydrogen) atoms. The van der Waals surface area contributed by atoms with Crippen molar-refractivity contribution in [1.29, 1.82) is 0 Å². The second kappa shape index (κ2) is 10.1. The number of likely N-dealkylation sites (N-methyl/N-ethyl adjacent to an activating group) is 1. The maximum Gasteiger partial charge on any atom is 0.318 e. The minimum atomic E-state index is -0.275. The molecule has 6 heteroatoms. The summed E-state index contributed by atoms with van der Waals surface area (Å²) in [7, 11) is 3.75. The van der Waals surface area contributed by atoms with E-state index >= 15 is 0 Å². The highest BCUT2D eigenvalue weighted by Gasteiger charge is 2.25. The molecule has 6 nitrogen and oxygen atoms in total. The fourth-order valence-electron chi connectivity index (χ4n) is 3.71. The molecule has 0 bridgehead atoms. The van der Waals surface area contributed by atoms with Gasteiger partial charge in [0.25, 0.3) is 5.91 Å². The molecule has 0 aliphatic carbocycles. The maximum absolute atomic E-state index is 12.8. The summed E-state index contributed by atoms with van der Waals surface area (Å²) in [4.78, 5) is 28.5. The van der Waals surface area contributed by atoms with Gasteiger partial charge in [-0.1, -0.05) is 30.3 Å². The SMILES string of the molecule is CNC(=O)Nc1ccc(C(=O)N2CCC(N(C)CCc3ccccc3)CC2)cc1. The van der Waals surface area contributed by atoms with Crippen molar-refractivity contribution in [2.24, 2.45) is 0 Å². The Hall–Kier alpha value is -2.86. The van der Waals surface area contributed by atoms with E-state index in [-0.39, 0.29) is 11.9 Å². The molecule has 1 heterocycles. The van der Waals surface area contributed by atoms with Gasteiger partial charge in [-0.05, 0) is 56.1 Å². The predicted molar refractivity (Wildman–Crippen MR) is 116 cm³/mol. The molecule has 0 unspecified atom stereocenters. The number of nitrogens with one attached hydrogen (secondary N) is 2. The van der Waals surface area contributed by atoms with Crippen LogP contribution in [0.4, 0.5) is 10.5 Å². The molecule has 0 saturated carbocycles. The molecule has 154 valence electrons. The highest BCUT2D eigenvalue weighted by Crippen LogP contribution is 2.19. The molecular formula is C23H30N4O2. The van der Waals surface area contributed by atoms with Gasteiger partial charge in [0.1, 0.15) is 0 Å². The smallest absolute Gasteiger partial charge is 0.318 e. The van der Waals surface area contributed by atoms with E-state index in [2.05, 4.69) is 46.8 Å². The summed E-state index contributed by atoms with van der Waals surface area (Å²) in [6.45, 7) is 2.58. The summed E-state index contributed by atoms with van der Waals surface area (Å²) in [5.74, 6) is 0.0573. The van der Waals surface area contributed by atoms with E-state index in [0.29, 0.717) is 17.3 Å². The molecule has 1 aliphatic heterocycles. The van der Waals surface area contributed by atoms with Crippen molar-refractivity contribution < 1.29 is 9.59 Å². The molecule has 0 spiro atoms. The zero-order valence-electron chi connectivity index (χ0n) is 17.2. The van der Waals surface area contributed by atoms with Crippen molar-refractivity contribution in [3.63, 3.8) is 0 Å². The van der Waals surface area contributed by atoms with E-state index in [1.54, 1.807) is 31.3 Å². The molecule has 2 aromatic carbocycles. The maximum atomic E-state index is 12.8. The van der Waals surface area contributed by atoms with Crippen molar-refractivity contribution in [2.45, 2.75) is 25.3 Å². The quantitative estimate of drug-likeness (QED) is 0.791. The Labute approximate surface area is 172 Å². The molecule has 2 N–H and O–H groups in total. The Morgan fingerprint density at radius 3 is 2.31 bits per heavy atom. The average molecular weight is 395 g/mol. The zero-order valence-corrected chi connectivity index (χ0v) is 17.2. The average Bonchev–Trinajstić information content (AvgIpc) is 2.78. The normalized spacial score (nSPS) is 14.7. The monoisotopic (exact) mass is 394 g/mol. The van der Waals surface area contributed by atoms with Crippen LogP contribution in [-0.4, -0.2) is 61.5 Å². The number of hydrogen-bond donors (Lipinski definition) is 2. The molecule has 3 rings (SSSR count). The van der Waals surface area contributed by atoms with Crippen molar-refractivity contribution in [3.05, 3.63) is 65.7 Å². The Bertz CT molecular complexity index is 799. The molecule has 0 aromatic heterocycles. The lowest BCUT2D eigenvalue weighted by atomic mass is 10.0. The predicted octanol–water partition coefficient (Wildman–Crippen LogP) is 3.22. The topological polar surface area (TPSA) is 64.7 Å². The van der Waals surface area contributed by atoms with Gasteiger partial charge in [0.05, 0.1) is 0 Å². The molecule has 1 saturated heterocycles. The number of carbonyl (C=O) groups is 2. The first-order valence-electron chi connectivity index (χ1n) is 10.2. The number of likely N-dealkylation sites (tertiary alicyclic amines) is 1. The Kier molecular flexibility index (Phi) is 7.25. The number of hydrogen-bond acceptors (Lipinski definition) is 3. The molecular weight excluding hydrogens is 364 g/mol. The summed E-state index contributed by atoms with van der Waals surface area (Å²) in [6.07, 6.45) is 3.04. The van der Waals surface area contributed by atoms with E-state index in [4.69, 9.17) is 0 Å². The molecule has 3 amide bonds. The third kappa shape index (κ3) is 5.81. The van der Waals surface area contributed by atoms with Crippen LogP contribution in [0.5, 0.6) is 0 Å². The van der Waals surface area contributed by atoms with Crippen LogP contribution >= 0.6 is 0 Å². The van der Waals surface area contributed by atoms with Gasteiger partial charge in [0.2, 0.25) is 0 Å². The third-order valence-electron chi connectivity index (χ3n) is 5.59. The second-order valence-corrected chi connectivity index (χ2v) is 7.52. The highest BCUT2D eigenvalue weighted by molar-refractivity contribution is 5.95. The van der Waals surface area contributed by atoms with Gasteiger partial charge < -0.3 is 20.4 Å². The van der Waals surface area contributed by atoms with Gasteiger partial charge in [-0.2, -0.15) is 0 Å². The first-order chi connectivity index (χ1) is 14.1. The Morgan fingerprint density at radius 2 is 1.69 bits per heavy atom. The van der Waals surface area contributed by atoms with E-state index < -0.39 is 0 Å². The van der Waals surface area contributed by atoms with Gasteiger partial charge in [-0.3, -0.25) is 4.79 Å². The van der Waals surface area contributed by atoms with Gasteiger partial charge in [0, 0.05) is 44.0 Å². The van der Waals surface area contributed by atoms with Crippen molar-refractivity contribution in [3.8, 4) is 0 Å². The van der Waals surface area contributed by atoms with Crippen LogP contribution in [0.15, 0.2) is 54.6 Å². The lowest BCUT2D eigenvalue weighted by Gasteiger charge is -2.37. The summed E-state index contributed by atoms with van der Waals surface area (Å²) in [5.41, 5.74) is 2.68. The first-order valence-corrected chi connectivity index (χ1v) is 10.2. The van der Waals surface area contributed by atoms with E-state index in [1.807, 2.05) is 11.0 Å². The number of anilines is 1. The summed E-state index contributed by atoms with van der Waals surface area (Å²) >= 11 is 0. The number of benzene rings is 2. The van der Waals surface area contributed by atoms with Crippen molar-refractivity contribution in [2.75, 3.05) is 39.0 Å². The summed E-state index contributed by atoms with van der Waals surface area (Å²) in [5, 5.41) is 5.20. The van der Waals surface area contributed by atoms with Crippen LogP contribution in [0.3, 0.4) is 0 Å². The van der Waals surface area contributed by atoms with Crippen LogP contribution in [0.1, 0.15) is 28.8 Å². The van der Waals surface area contributed by atoms with Gasteiger partial charge in [0.15, 0.2) is 0 Å². The van der Waals surface area contributed by atoms with Gasteiger partial charge >= 0.3 is 6.03 Å². The summed E-state index contributed by atoms with van der Waals surface area (Å²) in [6, 6.07) is 17.9. The van der Waals surface area contributed by atoms with Crippen LogP contribution in [0, 0.1) is 0 Å². The number of nitrogens with zero attached hydrogens (tertiary/aromatic N) is 2. The van der Waals surface area contributed by atoms with Crippen molar-refractivity contribution in [1.82, 2.24) is 15.1 Å². The van der Waals surface area contributed by atoms with E-state index in [0.717, 1.165) is 38.9 Å². The van der Waals surface area contributed by atoms with Gasteiger partial charge in [-0.15, -0.1) is 0 Å². The van der Waals surface area contributed by atoms with Crippen LogP contribution in [0.25, 0.3) is 0 Å². The molecule has 1 fully saturated rings. The minimum absolute atomic E-state index is 0.0573. The lowest BCUT2D eigenvalue weighted by molar-refractivity contribution is 0.0647. The summed E-state index contributed by atoms with van der Waals surface area (Å²) < 4.78 is 0. The number of rotatable bonds is 6. The standard InChI is InChI=1S/C23H30N4O2/c1-24-23(29)25-20-10-8-19(9-11-20)22(28)27-16-13-21(14-17-27)26(2)15-12-18-6-4-3-5-7-18/h3-11,21H,12-17H2,1-2H3,(H2,24,25,29). The molecule has 2 aromatic rings. The van der Waals surface area contributed by atoms with Crippen molar-refractivity contribution >= 4 is 17.6 Å². The second-order valence-electron chi connectivity index (χ2n) is 7.52. The van der Waals surface area contributed by atoms with Crippen LogP contribution < -0.4 is 10.6 Å². The number of amides is 3. The highest BCUT2D eigenvalue weighted by atomic mass is 16.2. The first kappa shape index (κ1) is 20.9. The largest absolute Gasteiger partial charge is 0.341 e. The van der Waals surface area contributed by atoms with Gasteiger partial charge in [-0.25, -0.2) is 4.79 Å². The lowest BCUT2D eigenvalue weighted by Crippen LogP contribution is -2.46. The fourth-order valence-corrected chi connectivity index (χ4v) is 3.71. The molecule has 0 atom stereocenters. The zero-order chi connectivity index (χ0) is 20.6. The number of urea groups is 1.